The van der Waals surface area contributed by atoms with Crippen molar-refractivity contribution < 1.29 is 4.79 Å². The van der Waals surface area contributed by atoms with E-state index < -0.39 is 0 Å². The van der Waals surface area contributed by atoms with Crippen LogP contribution in [-0.2, 0) is 6.42 Å². The summed E-state index contributed by atoms with van der Waals surface area (Å²) in [5.41, 5.74) is 3.33. The fourth-order valence-corrected chi connectivity index (χ4v) is 2.92. The number of hydrogen-bond donors (Lipinski definition) is 1. The molecule has 3 nitrogen and oxygen atoms in total. The molecule has 0 bridgehead atoms. The van der Waals surface area contributed by atoms with E-state index in [9.17, 15) is 4.79 Å². The van der Waals surface area contributed by atoms with Crippen LogP contribution in [0.4, 0.5) is 5.69 Å². The summed E-state index contributed by atoms with van der Waals surface area (Å²) in [6.45, 7) is 9.16. The molecule has 1 heterocycles. The maximum atomic E-state index is 12.7. The number of nitrogens with zero attached hydrogens (tertiary/aromatic N) is 1. The minimum Gasteiger partial charge on any atom is -0.384 e. The maximum Gasteiger partial charge on any atom is 0.179 e. The molecular formula is C16H24N2O. The molecule has 1 aromatic rings. The number of ketones is 1. The molecule has 1 N–H and O–H groups in total. The number of carbonyl (C=O) groups is 1. The molecule has 19 heavy (non-hydrogen) atoms. The van der Waals surface area contributed by atoms with Gasteiger partial charge in [-0.2, -0.15) is 0 Å². The highest BCUT2D eigenvalue weighted by Gasteiger charge is 2.24. The van der Waals surface area contributed by atoms with Crippen molar-refractivity contribution in [3.63, 3.8) is 0 Å². The molecule has 0 amide bonds. The van der Waals surface area contributed by atoms with Crippen LogP contribution in [0.3, 0.4) is 0 Å². The van der Waals surface area contributed by atoms with Crippen molar-refractivity contribution in [2.45, 2.75) is 39.7 Å². The molecule has 1 aliphatic heterocycles. The Hall–Kier alpha value is -1.35. The Labute approximate surface area is 116 Å². The van der Waals surface area contributed by atoms with Crippen molar-refractivity contribution in [3.05, 3.63) is 29.3 Å². The molecule has 3 heteroatoms. The van der Waals surface area contributed by atoms with Crippen LogP contribution in [0.25, 0.3) is 0 Å². The Morgan fingerprint density at radius 2 is 2.05 bits per heavy atom. The highest BCUT2D eigenvalue weighted by Crippen LogP contribution is 2.24. The third-order valence-corrected chi connectivity index (χ3v) is 4.04. The second kappa shape index (κ2) is 6.20. The van der Waals surface area contributed by atoms with Crippen LogP contribution >= 0.6 is 0 Å². The summed E-state index contributed by atoms with van der Waals surface area (Å²) in [5.74, 6) is 0.265. The van der Waals surface area contributed by atoms with Crippen LogP contribution in [0.5, 0.6) is 0 Å². The largest absolute Gasteiger partial charge is 0.384 e. The molecule has 1 atom stereocenters. The van der Waals surface area contributed by atoms with Crippen LogP contribution in [-0.4, -0.2) is 36.4 Å². The van der Waals surface area contributed by atoms with E-state index >= 15 is 0 Å². The third kappa shape index (κ3) is 2.81. The van der Waals surface area contributed by atoms with E-state index in [1.807, 2.05) is 12.1 Å². The van der Waals surface area contributed by atoms with E-state index in [2.05, 4.69) is 37.1 Å². The van der Waals surface area contributed by atoms with E-state index in [1.54, 1.807) is 0 Å². The second-order valence-electron chi connectivity index (χ2n) is 5.06. The first-order valence-corrected chi connectivity index (χ1v) is 7.36. The molecule has 2 rings (SSSR count). The van der Waals surface area contributed by atoms with E-state index in [0.29, 0.717) is 0 Å². The van der Waals surface area contributed by atoms with E-state index in [0.717, 1.165) is 38.0 Å². The summed E-state index contributed by atoms with van der Waals surface area (Å²) in [6, 6.07) is 6.10. The zero-order chi connectivity index (χ0) is 13.8. The van der Waals surface area contributed by atoms with Crippen molar-refractivity contribution in [2.75, 3.05) is 25.0 Å². The first-order chi connectivity index (χ1) is 9.21. The van der Waals surface area contributed by atoms with Gasteiger partial charge >= 0.3 is 0 Å². The Morgan fingerprint density at radius 3 is 2.68 bits per heavy atom. The molecule has 0 fully saturated rings. The van der Waals surface area contributed by atoms with E-state index in [1.165, 1.54) is 11.3 Å². The number of hydrogen-bond acceptors (Lipinski definition) is 3. The predicted molar refractivity (Wildman–Crippen MR) is 80.0 cm³/mol. The number of likely N-dealkylation sites (N-methyl/N-ethyl adjacent to an activating group) is 1. The van der Waals surface area contributed by atoms with Gasteiger partial charge in [-0.15, -0.1) is 0 Å². The number of anilines is 1. The summed E-state index contributed by atoms with van der Waals surface area (Å²) >= 11 is 0. The van der Waals surface area contributed by atoms with Gasteiger partial charge in [-0.05, 0) is 49.7 Å². The highest BCUT2D eigenvalue weighted by atomic mass is 16.1. The van der Waals surface area contributed by atoms with Gasteiger partial charge in [0.2, 0.25) is 0 Å². The molecule has 0 saturated heterocycles. The summed E-state index contributed by atoms with van der Waals surface area (Å²) in [7, 11) is 0. The van der Waals surface area contributed by atoms with Crippen LogP contribution < -0.4 is 5.32 Å². The molecule has 0 saturated carbocycles. The predicted octanol–water partition coefficient (Wildman–Crippen LogP) is 2.96. The lowest BCUT2D eigenvalue weighted by molar-refractivity contribution is 0.0826. The lowest BCUT2D eigenvalue weighted by Crippen LogP contribution is -2.40. The fourth-order valence-electron chi connectivity index (χ4n) is 2.92. The van der Waals surface area contributed by atoms with Gasteiger partial charge in [0.1, 0.15) is 0 Å². The Bertz CT molecular complexity index is 452. The van der Waals surface area contributed by atoms with Gasteiger partial charge in [0.25, 0.3) is 0 Å². The van der Waals surface area contributed by atoms with Gasteiger partial charge in [0.05, 0.1) is 6.04 Å². The van der Waals surface area contributed by atoms with Crippen LogP contribution in [0.15, 0.2) is 18.2 Å². The van der Waals surface area contributed by atoms with Crippen molar-refractivity contribution in [2.24, 2.45) is 0 Å². The quantitative estimate of drug-likeness (QED) is 0.798. The average Bonchev–Trinajstić information content (AvgIpc) is 2.91. The standard InChI is InChI=1S/C16H24N2O/c1-4-15(18(5-2)6-3)16(19)13-7-8-14-12(11-13)9-10-17-14/h7-8,11,15,17H,4-6,9-10H2,1-3H3. The number of Topliss-reactive ketones (excluding diaryl/α,β-unsaturated/α-hetero) is 1. The fraction of sp³-hybridized carbons (Fsp3) is 0.562. The number of benzene rings is 1. The topological polar surface area (TPSA) is 32.3 Å². The van der Waals surface area contributed by atoms with Crippen molar-refractivity contribution in [1.29, 1.82) is 0 Å². The number of fused-ring (bicyclic) bond motifs is 1. The molecular weight excluding hydrogens is 236 g/mol. The molecule has 0 aliphatic carbocycles. The van der Waals surface area contributed by atoms with Crippen molar-refractivity contribution >= 4 is 11.5 Å². The normalized spacial score (nSPS) is 15.2. The van der Waals surface area contributed by atoms with Crippen molar-refractivity contribution in [1.82, 2.24) is 4.90 Å². The summed E-state index contributed by atoms with van der Waals surface area (Å²) < 4.78 is 0. The smallest absolute Gasteiger partial charge is 0.179 e. The Kier molecular flexibility index (Phi) is 4.59. The maximum absolute atomic E-state index is 12.7. The average molecular weight is 260 g/mol. The molecule has 0 spiro atoms. The molecule has 1 aromatic carbocycles. The summed E-state index contributed by atoms with van der Waals surface area (Å²) in [4.78, 5) is 14.9. The molecule has 1 aliphatic rings. The van der Waals surface area contributed by atoms with Gasteiger partial charge in [0.15, 0.2) is 5.78 Å². The molecule has 104 valence electrons. The number of nitrogens with one attached hydrogen (secondary N) is 1. The first kappa shape index (κ1) is 14.1. The molecule has 0 aromatic heterocycles. The van der Waals surface area contributed by atoms with Gasteiger partial charge in [-0.3, -0.25) is 9.69 Å². The zero-order valence-electron chi connectivity index (χ0n) is 12.2. The third-order valence-electron chi connectivity index (χ3n) is 4.04. The monoisotopic (exact) mass is 260 g/mol. The minimum atomic E-state index is 0.0161. The van der Waals surface area contributed by atoms with E-state index in [4.69, 9.17) is 0 Å². The van der Waals surface area contributed by atoms with E-state index in [-0.39, 0.29) is 11.8 Å². The van der Waals surface area contributed by atoms with Crippen molar-refractivity contribution in [3.8, 4) is 0 Å². The number of carbonyl (C=O) groups excluding carboxylic acids is 1. The second-order valence-corrected chi connectivity index (χ2v) is 5.06. The Morgan fingerprint density at radius 1 is 1.32 bits per heavy atom. The minimum absolute atomic E-state index is 0.0161. The lowest BCUT2D eigenvalue weighted by atomic mass is 9.98. The van der Waals surface area contributed by atoms with Gasteiger partial charge in [0, 0.05) is 17.8 Å². The zero-order valence-corrected chi connectivity index (χ0v) is 12.2. The highest BCUT2D eigenvalue weighted by molar-refractivity contribution is 6.00. The number of rotatable bonds is 6. The lowest BCUT2D eigenvalue weighted by Gasteiger charge is -2.27. The molecule has 0 radical (unpaired) electrons. The summed E-state index contributed by atoms with van der Waals surface area (Å²) in [5, 5.41) is 3.33. The van der Waals surface area contributed by atoms with Crippen LogP contribution in [0.2, 0.25) is 0 Å². The van der Waals surface area contributed by atoms with Gasteiger partial charge < -0.3 is 5.32 Å². The van der Waals surface area contributed by atoms with Crippen LogP contribution in [0.1, 0.15) is 43.1 Å². The molecule has 1 unspecified atom stereocenters. The van der Waals surface area contributed by atoms with Crippen LogP contribution in [0, 0.1) is 0 Å². The summed E-state index contributed by atoms with van der Waals surface area (Å²) in [6.07, 6.45) is 1.90. The first-order valence-electron chi connectivity index (χ1n) is 7.36. The van der Waals surface area contributed by atoms with Gasteiger partial charge in [-0.25, -0.2) is 0 Å². The Balaban J connectivity index is 2.22. The van der Waals surface area contributed by atoms with Gasteiger partial charge in [-0.1, -0.05) is 20.8 Å². The SMILES string of the molecule is CCC(C(=O)c1ccc2c(c1)CCN2)N(CC)CC.